The minimum atomic E-state index is -4.21. The van der Waals surface area contributed by atoms with Gasteiger partial charge in [0.2, 0.25) is 0 Å². The van der Waals surface area contributed by atoms with Crippen molar-refractivity contribution < 1.29 is 27.5 Å². The molecule has 0 N–H and O–H groups in total. The molecule has 0 saturated heterocycles. The number of rotatable bonds is 4. The van der Waals surface area contributed by atoms with Crippen LogP contribution >= 0.6 is 0 Å². The minimum absolute atomic E-state index is 0.106. The summed E-state index contributed by atoms with van der Waals surface area (Å²) in [4.78, 5) is 26.0. The number of pyridine rings is 1. The molecule has 128 valence electrons. The van der Waals surface area contributed by atoms with Gasteiger partial charge in [-0.25, -0.2) is 21.8 Å². The maximum Gasteiger partial charge on any atom is 0.269 e. The third-order valence-electron chi connectivity index (χ3n) is 3.69. The number of carboxylic acid groups (broad SMARTS) is 1. The standard InChI is InChI=1S/C16H11FN2O5S/c1-9-2-4-10(5-3-9)25(23,24)19-7-11(16(21)22)14-12(8-20)13(17)6-18-15(14)19/h2-8H,1H3,(H,21,22)/p-1. The van der Waals surface area contributed by atoms with E-state index in [4.69, 9.17) is 0 Å². The zero-order chi connectivity index (χ0) is 18.4. The van der Waals surface area contributed by atoms with E-state index < -0.39 is 38.3 Å². The first-order chi connectivity index (χ1) is 11.8. The van der Waals surface area contributed by atoms with Crippen molar-refractivity contribution in [2.75, 3.05) is 0 Å². The summed E-state index contributed by atoms with van der Waals surface area (Å²) in [6, 6.07) is 5.84. The molecule has 0 saturated carbocycles. The number of benzene rings is 1. The average Bonchev–Trinajstić information content (AvgIpc) is 2.96. The van der Waals surface area contributed by atoms with E-state index in [9.17, 15) is 27.5 Å². The van der Waals surface area contributed by atoms with Gasteiger partial charge in [-0.3, -0.25) is 4.79 Å². The number of fused-ring (bicyclic) bond motifs is 1. The number of carbonyl (C=O) groups excluding carboxylic acids is 2. The zero-order valence-electron chi connectivity index (χ0n) is 12.8. The molecule has 0 aliphatic carbocycles. The number of carbonyl (C=O) groups is 2. The van der Waals surface area contributed by atoms with Crippen molar-refractivity contribution in [3.63, 3.8) is 0 Å². The largest absolute Gasteiger partial charge is 0.545 e. The van der Waals surface area contributed by atoms with Crippen LogP contribution in [0.15, 0.2) is 41.6 Å². The fraction of sp³-hybridized carbons (Fsp3) is 0.0625. The topological polar surface area (TPSA) is 109 Å². The number of aryl methyl sites for hydroxylation is 1. The van der Waals surface area contributed by atoms with Crippen LogP contribution in [0.25, 0.3) is 11.0 Å². The van der Waals surface area contributed by atoms with Gasteiger partial charge in [-0.1, -0.05) is 17.7 Å². The molecule has 9 heteroatoms. The average molecular weight is 361 g/mol. The van der Waals surface area contributed by atoms with Gasteiger partial charge in [-0.15, -0.1) is 0 Å². The van der Waals surface area contributed by atoms with Gasteiger partial charge >= 0.3 is 0 Å². The Labute approximate surface area is 141 Å². The van der Waals surface area contributed by atoms with Crippen LogP contribution in [0.5, 0.6) is 0 Å². The Bertz CT molecular complexity index is 1120. The summed E-state index contributed by atoms with van der Waals surface area (Å²) in [5, 5.41) is 10.9. The van der Waals surface area contributed by atoms with Crippen LogP contribution in [0, 0.1) is 12.7 Å². The Morgan fingerprint density at radius 3 is 2.48 bits per heavy atom. The number of halogens is 1. The smallest absolute Gasteiger partial charge is 0.269 e. The molecular weight excluding hydrogens is 351 g/mol. The molecule has 3 rings (SSSR count). The highest BCUT2D eigenvalue weighted by molar-refractivity contribution is 7.90. The molecule has 25 heavy (non-hydrogen) atoms. The third kappa shape index (κ3) is 2.58. The third-order valence-corrected chi connectivity index (χ3v) is 5.35. The van der Waals surface area contributed by atoms with Gasteiger partial charge < -0.3 is 9.90 Å². The van der Waals surface area contributed by atoms with Crippen LogP contribution in [-0.4, -0.2) is 29.6 Å². The number of hydrogen-bond donors (Lipinski definition) is 0. The Hall–Kier alpha value is -3.07. The van der Waals surface area contributed by atoms with Crippen molar-refractivity contribution in [1.82, 2.24) is 8.96 Å². The van der Waals surface area contributed by atoms with Crippen LogP contribution in [0.3, 0.4) is 0 Å². The van der Waals surface area contributed by atoms with E-state index in [1.807, 2.05) is 0 Å². The Morgan fingerprint density at radius 2 is 1.92 bits per heavy atom. The van der Waals surface area contributed by atoms with Crippen molar-refractivity contribution in [3.8, 4) is 0 Å². The van der Waals surface area contributed by atoms with Crippen molar-refractivity contribution in [1.29, 1.82) is 0 Å². The maximum atomic E-state index is 13.8. The highest BCUT2D eigenvalue weighted by Crippen LogP contribution is 2.28. The lowest BCUT2D eigenvalue weighted by atomic mass is 10.1. The van der Waals surface area contributed by atoms with Crippen LogP contribution in [0.4, 0.5) is 4.39 Å². The number of hydrogen-bond acceptors (Lipinski definition) is 6. The van der Waals surface area contributed by atoms with Crippen LogP contribution in [-0.2, 0) is 10.0 Å². The van der Waals surface area contributed by atoms with Gasteiger partial charge in [0.05, 0.1) is 22.6 Å². The van der Waals surface area contributed by atoms with Gasteiger partial charge in [0.15, 0.2) is 17.8 Å². The van der Waals surface area contributed by atoms with E-state index >= 15 is 0 Å². The van der Waals surface area contributed by atoms with E-state index in [1.54, 1.807) is 19.1 Å². The number of carboxylic acids is 1. The van der Waals surface area contributed by atoms with Crippen LogP contribution in [0.2, 0.25) is 0 Å². The number of nitrogens with zero attached hydrogens (tertiary/aromatic N) is 2. The first kappa shape index (κ1) is 16.8. The summed E-state index contributed by atoms with van der Waals surface area (Å²) < 4.78 is 40.0. The zero-order valence-corrected chi connectivity index (χ0v) is 13.6. The van der Waals surface area contributed by atoms with Gasteiger partial charge in [0.1, 0.15) is 0 Å². The van der Waals surface area contributed by atoms with E-state index in [1.165, 1.54) is 12.1 Å². The Morgan fingerprint density at radius 1 is 1.28 bits per heavy atom. The molecule has 0 bridgehead atoms. The first-order valence-electron chi connectivity index (χ1n) is 6.95. The lowest BCUT2D eigenvalue weighted by molar-refractivity contribution is -0.254. The van der Waals surface area contributed by atoms with E-state index in [0.29, 0.717) is 10.2 Å². The quantitative estimate of drug-likeness (QED) is 0.639. The van der Waals surface area contributed by atoms with Gasteiger partial charge in [-0.2, -0.15) is 0 Å². The maximum absolute atomic E-state index is 13.8. The second-order valence-electron chi connectivity index (χ2n) is 5.28. The summed E-state index contributed by atoms with van der Waals surface area (Å²) in [6.45, 7) is 1.77. The molecule has 7 nitrogen and oxygen atoms in total. The van der Waals surface area contributed by atoms with Crippen molar-refractivity contribution in [2.45, 2.75) is 11.8 Å². The van der Waals surface area contributed by atoms with E-state index in [-0.39, 0.29) is 16.8 Å². The minimum Gasteiger partial charge on any atom is -0.545 e. The molecule has 1 aromatic carbocycles. The summed E-state index contributed by atoms with van der Waals surface area (Å²) >= 11 is 0. The molecule has 0 aliphatic heterocycles. The van der Waals surface area contributed by atoms with E-state index in [0.717, 1.165) is 11.8 Å². The molecule has 0 spiro atoms. The second kappa shape index (κ2) is 5.78. The summed E-state index contributed by atoms with van der Waals surface area (Å²) in [7, 11) is -4.21. The monoisotopic (exact) mass is 361 g/mol. The molecule has 2 heterocycles. The summed E-state index contributed by atoms with van der Waals surface area (Å²) in [5.74, 6) is -2.81. The molecule has 0 radical (unpaired) electrons. The number of aromatic nitrogens is 2. The SMILES string of the molecule is Cc1ccc(S(=O)(=O)n2cc(C(=O)[O-])c3c(C=O)c(F)cnc32)cc1. The van der Waals surface area contributed by atoms with Crippen molar-refractivity contribution in [3.05, 3.63) is 59.2 Å². The van der Waals surface area contributed by atoms with Crippen LogP contribution < -0.4 is 5.11 Å². The predicted octanol–water partition coefficient (Wildman–Crippen LogP) is 0.897. The first-order valence-corrected chi connectivity index (χ1v) is 8.39. The Balaban J connectivity index is 2.40. The molecule has 0 atom stereocenters. The summed E-state index contributed by atoms with van der Waals surface area (Å²) in [5.41, 5.74) is -0.778. The molecule has 2 aromatic heterocycles. The molecule has 0 fully saturated rings. The number of aldehydes is 1. The Kier molecular flexibility index (Phi) is 3.88. The molecule has 0 amide bonds. The van der Waals surface area contributed by atoms with Gasteiger partial charge in [0, 0.05) is 17.1 Å². The highest BCUT2D eigenvalue weighted by Gasteiger charge is 2.25. The fourth-order valence-corrected chi connectivity index (χ4v) is 3.76. The van der Waals surface area contributed by atoms with Crippen molar-refractivity contribution in [2.24, 2.45) is 0 Å². The lowest BCUT2D eigenvalue weighted by Crippen LogP contribution is -2.22. The van der Waals surface area contributed by atoms with Crippen LogP contribution in [0.1, 0.15) is 26.3 Å². The molecule has 0 aliphatic rings. The van der Waals surface area contributed by atoms with E-state index in [2.05, 4.69) is 4.98 Å². The molecular formula is C16H10FN2O5S-. The van der Waals surface area contributed by atoms with Gasteiger partial charge in [-0.05, 0) is 19.1 Å². The highest BCUT2D eigenvalue weighted by atomic mass is 32.2. The predicted molar refractivity (Wildman–Crippen MR) is 83.2 cm³/mol. The second-order valence-corrected chi connectivity index (χ2v) is 7.10. The summed E-state index contributed by atoms with van der Waals surface area (Å²) in [6.07, 6.45) is 1.52. The molecule has 3 aromatic rings. The van der Waals surface area contributed by atoms with Crippen molar-refractivity contribution >= 4 is 33.3 Å². The molecule has 0 unspecified atom stereocenters. The number of aromatic carboxylic acids is 1. The normalized spacial score (nSPS) is 11.6. The fourth-order valence-electron chi connectivity index (χ4n) is 2.44. The lowest BCUT2D eigenvalue weighted by Gasteiger charge is -2.07. The van der Waals surface area contributed by atoms with Gasteiger partial charge in [0.25, 0.3) is 10.0 Å².